The molecular weight excluding hydrogens is 310 g/mol. The van der Waals surface area contributed by atoms with E-state index < -0.39 is 11.6 Å². The van der Waals surface area contributed by atoms with Gasteiger partial charge in [0, 0.05) is 13.1 Å². The first-order valence-electron chi connectivity index (χ1n) is 8.19. The molecule has 0 bridgehead atoms. The minimum atomic E-state index is -0.640. The maximum Gasteiger partial charge on any atom is 0.407 e. The van der Waals surface area contributed by atoms with Gasteiger partial charge < -0.3 is 15.4 Å². The lowest BCUT2D eigenvalue weighted by Crippen LogP contribution is -2.52. The van der Waals surface area contributed by atoms with Gasteiger partial charge in [0.05, 0.1) is 0 Å². The molecule has 2 fully saturated rings. The Hall–Kier alpha value is -2.57. The van der Waals surface area contributed by atoms with E-state index in [2.05, 4.69) is 10.6 Å². The molecule has 24 heavy (non-hydrogen) atoms. The third kappa shape index (κ3) is 3.34. The highest BCUT2D eigenvalue weighted by Gasteiger charge is 2.54. The highest BCUT2D eigenvalue weighted by molar-refractivity contribution is 6.07. The average Bonchev–Trinajstić information content (AvgIpc) is 2.82. The molecule has 7 nitrogen and oxygen atoms in total. The monoisotopic (exact) mass is 331 g/mol. The topological polar surface area (TPSA) is 87.7 Å². The van der Waals surface area contributed by atoms with Gasteiger partial charge in [-0.2, -0.15) is 0 Å². The Bertz CT molecular complexity index is 628. The van der Waals surface area contributed by atoms with E-state index in [9.17, 15) is 14.4 Å². The lowest BCUT2D eigenvalue weighted by Gasteiger charge is -2.34. The number of amides is 4. The average molecular weight is 331 g/mol. The summed E-state index contributed by atoms with van der Waals surface area (Å²) in [5.74, 6) is -0.134. The number of carbonyl (C=O) groups excluding carboxylic acids is 3. The largest absolute Gasteiger partial charge is 0.445 e. The van der Waals surface area contributed by atoms with Gasteiger partial charge >= 0.3 is 12.1 Å². The Kier molecular flexibility index (Phi) is 4.69. The van der Waals surface area contributed by atoms with E-state index >= 15 is 0 Å². The fourth-order valence-electron chi connectivity index (χ4n) is 2.95. The molecule has 1 heterocycles. The Labute approximate surface area is 140 Å². The second-order valence-electron chi connectivity index (χ2n) is 6.16. The number of hydrogen-bond acceptors (Lipinski definition) is 4. The summed E-state index contributed by atoms with van der Waals surface area (Å²) in [6.07, 6.45) is 2.40. The summed E-state index contributed by atoms with van der Waals surface area (Å²) in [6, 6.07) is 9.08. The first-order chi connectivity index (χ1) is 11.6. The highest BCUT2D eigenvalue weighted by Crippen LogP contribution is 2.37. The van der Waals surface area contributed by atoms with Crippen LogP contribution in [0.25, 0.3) is 0 Å². The van der Waals surface area contributed by atoms with E-state index in [-0.39, 0.29) is 18.5 Å². The summed E-state index contributed by atoms with van der Waals surface area (Å²) in [5, 5.41) is 5.40. The van der Waals surface area contributed by atoms with Gasteiger partial charge in [0.25, 0.3) is 5.91 Å². The van der Waals surface area contributed by atoms with Crippen LogP contribution in [0.15, 0.2) is 30.3 Å². The Morgan fingerprint density at radius 2 is 2.00 bits per heavy atom. The quantitative estimate of drug-likeness (QED) is 0.614. The fraction of sp³-hybridized carbons (Fsp3) is 0.471. The molecular formula is C17H21N3O4. The van der Waals surface area contributed by atoms with E-state index in [1.807, 2.05) is 30.3 Å². The summed E-state index contributed by atoms with van der Waals surface area (Å²) in [4.78, 5) is 37.0. The maximum absolute atomic E-state index is 12.2. The van der Waals surface area contributed by atoms with Gasteiger partial charge in [0.2, 0.25) is 0 Å². The van der Waals surface area contributed by atoms with Gasteiger partial charge in [-0.1, -0.05) is 30.3 Å². The minimum absolute atomic E-state index is 0.134. The van der Waals surface area contributed by atoms with Crippen molar-refractivity contribution < 1.29 is 19.1 Å². The van der Waals surface area contributed by atoms with Gasteiger partial charge in [-0.3, -0.25) is 9.69 Å². The number of ether oxygens (including phenoxy) is 1. The van der Waals surface area contributed by atoms with Gasteiger partial charge in [-0.15, -0.1) is 0 Å². The molecule has 2 aliphatic rings. The Morgan fingerprint density at radius 3 is 2.62 bits per heavy atom. The van der Waals surface area contributed by atoms with Crippen LogP contribution in [0, 0.1) is 0 Å². The van der Waals surface area contributed by atoms with Crippen molar-refractivity contribution in [2.24, 2.45) is 0 Å². The van der Waals surface area contributed by atoms with E-state index in [1.54, 1.807) is 0 Å². The smallest absolute Gasteiger partial charge is 0.407 e. The normalized spacial score (nSPS) is 18.2. The predicted octanol–water partition coefficient (Wildman–Crippen LogP) is 1.78. The van der Waals surface area contributed by atoms with Crippen LogP contribution in [-0.2, 0) is 16.1 Å². The zero-order valence-electron chi connectivity index (χ0n) is 13.4. The molecule has 4 amide bonds. The van der Waals surface area contributed by atoms with Crippen LogP contribution in [0.5, 0.6) is 0 Å². The standard InChI is InChI=1S/C17H21N3O4/c21-14-17(8-4-9-17)19-15(22)20(14)11-5-10-18-16(23)24-12-13-6-2-1-3-7-13/h1-3,6-7H,4-5,8-12H2,(H,18,23)(H,19,22). The molecule has 0 aromatic heterocycles. The molecule has 128 valence electrons. The van der Waals surface area contributed by atoms with Crippen molar-refractivity contribution >= 4 is 18.0 Å². The first kappa shape index (κ1) is 16.3. The number of carbonyl (C=O) groups is 3. The number of nitrogens with zero attached hydrogens (tertiary/aromatic N) is 1. The SMILES string of the molecule is O=C(NCCCN1C(=O)NC2(CCC2)C1=O)OCc1ccccc1. The number of urea groups is 1. The predicted molar refractivity (Wildman–Crippen MR) is 86.1 cm³/mol. The molecule has 1 aliphatic carbocycles. The summed E-state index contributed by atoms with van der Waals surface area (Å²) < 4.78 is 5.09. The minimum Gasteiger partial charge on any atom is -0.445 e. The van der Waals surface area contributed by atoms with Crippen molar-refractivity contribution in [2.45, 2.75) is 37.8 Å². The lowest BCUT2D eigenvalue weighted by atomic mass is 9.77. The van der Waals surface area contributed by atoms with Crippen LogP contribution in [-0.4, -0.2) is 41.6 Å². The van der Waals surface area contributed by atoms with Crippen LogP contribution >= 0.6 is 0 Å². The van der Waals surface area contributed by atoms with Crippen LogP contribution < -0.4 is 10.6 Å². The summed E-state index contributed by atoms with van der Waals surface area (Å²) in [7, 11) is 0. The Morgan fingerprint density at radius 1 is 1.25 bits per heavy atom. The van der Waals surface area contributed by atoms with Gasteiger partial charge in [-0.05, 0) is 31.2 Å². The van der Waals surface area contributed by atoms with E-state index in [0.717, 1.165) is 24.8 Å². The van der Waals surface area contributed by atoms with Crippen molar-refractivity contribution in [3.8, 4) is 0 Å². The van der Waals surface area contributed by atoms with Crippen molar-refractivity contribution in [3.63, 3.8) is 0 Å². The van der Waals surface area contributed by atoms with Crippen LogP contribution in [0.1, 0.15) is 31.2 Å². The fourth-order valence-corrected chi connectivity index (χ4v) is 2.95. The number of benzene rings is 1. The number of alkyl carbamates (subject to hydrolysis) is 1. The van der Waals surface area contributed by atoms with Crippen LogP contribution in [0.2, 0.25) is 0 Å². The number of hydrogen-bond donors (Lipinski definition) is 2. The maximum atomic E-state index is 12.2. The molecule has 1 saturated carbocycles. The first-order valence-corrected chi connectivity index (χ1v) is 8.19. The molecule has 0 atom stereocenters. The lowest BCUT2D eigenvalue weighted by molar-refractivity contribution is -0.134. The van der Waals surface area contributed by atoms with E-state index in [4.69, 9.17) is 4.74 Å². The third-order valence-electron chi connectivity index (χ3n) is 4.49. The molecule has 0 radical (unpaired) electrons. The molecule has 1 aromatic carbocycles. The van der Waals surface area contributed by atoms with Gasteiger partial charge in [0.15, 0.2) is 0 Å². The summed E-state index contributed by atoms with van der Waals surface area (Å²) in [6.45, 7) is 0.852. The van der Waals surface area contributed by atoms with Gasteiger partial charge in [0.1, 0.15) is 12.1 Å². The molecule has 1 saturated heterocycles. The Balaban J connectivity index is 1.34. The second kappa shape index (κ2) is 6.90. The van der Waals surface area contributed by atoms with Crippen molar-refractivity contribution in [3.05, 3.63) is 35.9 Å². The van der Waals surface area contributed by atoms with Crippen molar-refractivity contribution in [1.29, 1.82) is 0 Å². The highest BCUT2D eigenvalue weighted by atomic mass is 16.5. The molecule has 3 rings (SSSR count). The number of nitrogens with one attached hydrogen (secondary N) is 2. The molecule has 1 aromatic rings. The van der Waals surface area contributed by atoms with Gasteiger partial charge in [-0.25, -0.2) is 9.59 Å². The second-order valence-corrected chi connectivity index (χ2v) is 6.16. The third-order valence-corrected chi connectivity index (χ3v) is 4.49. The molecule has 7 heteroatoms. The van der Waals surface area contributed by atoms with Crippen LogP contribution in [0.3, 0.4) is 0 Å². The van der Waals surface area contributed by atoms with Crippen LogP contribution in [0.4, 0.5) is 9.59 Å². The number of imide groups is 1. The van der Waals surface area contributed by atoms with Crippen molar-refractivity contribution in [1.82, 2.24) is 15.5 Å². The van der Waals surface area contributed by atoms with Crippen molar-refractivity contribution in [2.75, 3.05) is 13.1 Å². The zero-order valence-corrected chi connectivity index (χ0v) is 13.4. The molecule has 2 N–H and O–H groups in total. The molecule has 0 unspecified atom stereocenters. The molecule has 1 aliphatic heterocycles. The van der Waals surface area contributed by atoms with E-state index in [0.29, 0.717) is 19.5 Å². The summed E-state index contributed by atoms with van der Waals surface area (Å²) in [5.41, 5.74) is 0.275. The zero-order chi connectivity index (χ0) is 17.0. The molecule has 1 spiro atoms. The number of rotatable bonds is 6. The summed E-state index contributed by atoms with van der Waals surface area (Å²) >= 11 is 0. The van der Waals surface area contributed by atoms with E-state index in [1.165, 1.54) is 4.90 Å².